The first kappa shape index (κ1) is 28.5. The monoisotopic (exact) mass is 696 g/mol. The van der Waals surface area contributed by atoms with Gasteiger partial charge in [-0.2, -0.15) is 0 Å². The van der Waals surface area contributed by atoms with Crippen molar-refractivity contribution in [3.05, 3.63) is 170 Å². The predicted molar refractivity (Wildman–Crippen MR) is 226 cm³/mol. The molecule has 0 saturated carbocycles. The van der Waals surface area contributed by atoms with Gasteiger partial charge in [0.25, 0.3) is 0 Å². The number of hydrogen-bond donors (Lipinski definition) is 0. The summed E-state index contributed by atoms with van der Waals surface area (Å²) in [6.07, 6.45) is 0. The fourth-order valence-electron chi connectivity index (χ4n) is 8.73. The lowest BCUT2D eigenvalue weighted by atomic mass is 10.0. The third-order valence-electron chi connectivity index (χ3n) is 10.9. The zero-order chi connectivity index (χ0) is 33.9. The summed E-state index contributed by atoms with van der Waals surface area (Å²) in [5, 5.41) is 10.4. The molecule has 0 aliphatic carbocycles. The number of nitrogens with zero attached hydrogens (tertiary/aromatic N) is 2. The number of aromatic nitrogens is 2. The van der Waals surface area contributed by atoms with E-state index in [2.05, 4.69) is 179 Å². The van der Waals surface area contributed by atoms with Crippen LogP contribution in [0.1, 0.15) is 0 Å². The van der Waals surface area contributed by atoms with Gasteiger partial charge in [0, 0.05) is 84.4 Å². The Balaban J connectivity index is 1.13. The predicted octanol–water partition coefficient (Wildman–Crippen LogP) is 14.3. The molecule has 0 saturated heterocycles. The van der Waals surface area contributed by atoms with E-state index in [9.17, 15) is 0 Å². The molecule has 0 aliphatic heterocycles. The number of thiophene rings is 2. The fraction of sp³-hybridized carbons (Fsp3) is 0. The van der Waals surface area contributed by atoms with Gasteiger partial charge in [-0.15, -0.1) is 22.7 Å². The van der Waals surface area contributed by atoms with Gasteiger partial charge in [-0.05, 0) is 54.6 Å². The molecule has 0 atom stereocenters. The van der Waals surface area contributed by atoms with Gasteiger partial charge in [-0.25, -0.2) is 0 Å². The first-order valence-corrected chi connectivity index (χ1v) is 19.3. The van der Waals surface area contributed by atoms with Gasteiger partial charge < -0.3 is 9.13 Å². The Labute approximate surface area is 306 Å². The van der Waals surface area contributed by atoms with Crippen LogP contribution in [0.2, 0.25) is 0 Å². The largest absolute Gasteiger partial charge is 0.309 e. The van der Waals surface area contributed by atoms with Crippen LogP contribution in [0.15, 0.2) is 170 Å². The molecule has 0 N–H and O–H groups in total. The maximum absolute atomic E-state index is 2.47. The lowest BCUT2D eigenvalue weighted by molar-refractivity contribution is 1.18. The molecule has 12 aromatic rings. The van der Waals surface area contributed by atoms with Gasteiger partial charge >= 0.3 is 0 Å². The van der Waals surface area contributed by atoms with E-state index in [4.69, 9.17) is 0 Å². The van der Waals surface area contributed by atoms with E-state index < -0.39 is 0 Å². The van der Waals surface area contributed by atoms with Gasteiger partial charge in [0.15, 0.2) is 0 Å². The molecule has 12 rings (SSSR count). The van der Waals surface area contributed by atoms with Crippen molar-refractivity contribution < 1.29 is 0 Å². The average Bonchev–Trinajstić information content (AvgIpc) is 3.95. The van der Waals surface area contributed by atoms with Gasteiger partial charge in [0.05, 0.1) is 22.1 Å². The van der Waals surface area contributed by atoms with Crippen molar-refractivity contribution in [3.8, 4) is 22.5 Å². The third-order valence-corrected chi connectivity index (χ3v) is 13.4. The first-order chi connectivity index (χ1) is 25.8. The molecule has 0 amide bonds. The van der Waals surface area contributed by atoms with Crippen LogP contribution in [0.25, 0.3) is 106 Å². The average molecular weight is 697 g/mol. The van der Waals surface area contributed by atoms with Crippen molar-refractivity contribution in [2.75, 3.05) is 0 Å². The highest BCUT2D eigenvalue weighted by molar-refractivity contribution is 7.27. The minimum atomic E-state index is 1.17. The van der Waals surface area contributed by atoms with Gasteiger partial charge in [-0.1, -0.05) is 115 Å². The van der Waals surface area contributed by atoms with E-state index in [-0.39, 0.29) is 0 Å². The van der Waals surface area contributed by atoms with Crippen LogP contribution in [0.4, 0.5) is 0 Å². The number of para-hydroxylation sites is 3. The highest BCUT2D eigenvalue weighted by Crippen LogP contribution is 2.47. The Kier molecular flexibility index (Phi) is 5.84. The Morgan fingerprint density at radius 1 is 0.327 bits per heavy atom. The van der Waals surface area contributed by atoms with Crippen LogP contribution in [-0.4, -0.2) is 9.13 Å². The normalized spacial score (nSPS) is 12.2. The highest BCUT2D eigenvalue weighted by Gasteiger charge is 2.21. The maximum Gasteiger partial charge on any atom is 0.0641 e. The second kappa shape index (κ2) is 10.7. The van der Waals surface area contributed by atoms with E-state index in [0.717, 1.165) is 0 Å². The Morgan fingerprint density at radius 3 is 1.69 bits per heavy atom. The van der Waals surface area contributed by atoms with Gasteiger partial charge in [0.2, 0.25) is 0 Å². The number of hydrogen-bond acceptors (Lipinski definition) is 2. The molecule has 0 fully saturated rings. The van der Waals surface area contributed by atoms with Crippen molar-refractivity contribution in [3.63, 3.8) is 0 Å². The lowest BCUT2D eigenvalue weighted by Gasteiger charge is -2.10. The van der Waals surface area contributed by atoms with Crippen LogP contribution in [0.5, 0.6) is 0 Å². The summed E-state index contributed by atoms with van der Waals surface area (Å²) in [5.41, 5.74) is 9.88. The Hall–Kier alpha value is -6.20. The fourth-order valence-corrected chi connectivity index (χ4v) is 11.2. The number of fused-ring (bicyclic) bond motifs is 13. The van der Waals surface area contributed by atoms with E-state index >= 15 is 0 Å². The highest BCUT2D eigenvalue weighted by atomic mass is 32.1. The molecule has 8 aromatic carbocycles. The number of rotatable bonds is 3. The zero-order valence-electron chi connectivity index (χ0n) is 27.9. The van der Waals surface area contributed by atoms with Crippen LogP contribution >= 0.6 is 22.7 Å². The van der Waals surface area contributed by atoms with E-state index in [1.165, 1.54) is 106 Å². The molecule has 0 spiro atoms. The Morgan fingerprint density at radius 2 is 0.923 bits per heavy atom. The molecule has 242 valence electrons. The van der Waals surface area contributed by atoms with Crippen LogP contribution in [0.3, 0.4) is 0 Å². The quantitative estimate of drug-likeness (QED) is 0.174. The Bertz CT molecular complexity index is 3410. The molecular weight excluding hydrogens is 669 g/mol. The minimum absolute atomic E-state index is 1.17. The molecule has 4 heterocycles. The van der Waals surface area contributed by atoms with Crippen molar-refractivity contribution in [2.45, 2.75) is 0 Å². The standard InChI is InChI=1S/C48H28N2S2/c1-2-12-29(13-3-1)50-40-21-7-4-14-31(40)33-25-26-42-45(46(33)50)38-16-5-8-22-41(38)49(42)30-24-27-44-39(28-30)37-20-11-19-36(48(37)52-44)35-18-10-17-34-32-15-6-9-23-43(32)51-47(34)35/h1-28H. The summed E-state index contributed by atoms with van der Waals surface area (Å²) >= 11 is 3.81. The first-order valence-electron chi connectivity index (χ1n) is 17.7. The molecule has 52 heavy (non-hydrogen) atoms. The second-order valence-electron chi connectivity index (χ2n) is 13.6. The summed E-state index contributed by atoms with van der Waals surface area (Å²) < 4.78 is 10.3. The molecule has 4 heteroatoms. The molecule has 0 aliphatic rings. The van der Waals surface area contributed by atoms with E-state index in [1.807, 2.05) is 22.7 Å². The topological polar surface area (TPSA) is 9.86 Å². The summed E-state index contributed by atoms with van der Waals surface area (Å²) in [4.78, 5) is 0. The maximum atomic E-state index is 2.47. The number of benzene rings is 8. The molecule has 4 aromatic heterocycles. The van der Waals surface area contributed by atoms with Crippen molar-refractivity contribution in [2.24, 2.45) is 0 Å². The second-order valence-corrected chi connectivity index (χ2v) is 15.7. The van der Waals surface area contributed by atoms with Crippen molar-refractivity contribution in [1.82, 2.24) is 9.13 Å². The smallest absolute Gasteiger partial charge is 0.0641 e. The lowest BCUT2D eigenvalue weighted by Crippen LogP contribution is -1.95. The van der Waals surface area contributed by atoms with E-state index in [1.54, 1.807) is 0 Å². The zero-order valence-corrected chi connectivity index (χ0v) is 29.5. The van der Waals surface area contributed by atoms with E-state index in [0.29, 0.717) is 0 Å². The summed E-state index contributed by atoms with van der Waals surface area (Å²) in [6.45, 7) is 0. The molecule has 0 radical (unpaired) electrons. The summed E-state index contributed by atoms with van der Waals surface area (Å²) in [7, 11) is 0. The molecule has 0 unspecified atom stereocenters. The molecule has 2 nitrogen and oxygen atoms in total. The summed E-state index contributed by atoms with van der Waals surface area (Å²) in [5.74, 6) is 0. The molecular formula is C48H28N2S2. The van der Waals surface area contributed by atoms with Gasteiger partial charge in [-0.3, -0.25) is 0 Å². The van der Waals surface area contributed by atoms with Crippen molar-refractivity contribution in [1.29, 1.82) is 0 Å². The van der Waals surface area contributed by atoms with Crippen LogP contribution in [-0.2, 0) is 0 Å². The molecule has 0 bridgehead atoms. The van der Waals surface area contributed by atoms with Crippen molar-refractivity contribution >= 4 is 107 Å². The SMILES string of the molecule is c1ccc(-n2c3ccccc3c3ccc4c(c5ccccc5n4-c4ccc5sc6c(-c7cccc8c7sc7ccccc78)cccc6c5c4)c32)cc1. The summed E-state index contributed by atoms with van der Waals surface area (Å²) in [6, 6.07) is 62.7. The van der Waals surface area contributed by atoms with Crippen LogP contribution in [0, 0.1) is 0 Å². The third kappa shape index (κ3) is 3.83. The van der Waals surface area contributed by atoms with Gasteiger partial charge in [0.1, 0.15) is 0 Å². The minimum Gasteiger partial charge on any atom is -0.309 e. The van der Waals surface area contributed by atoms with Crippen LogP contribution < -0.4 is 0 Å².